The number of hydrogen-bond donors (Lipinski definition) is 2. The quantitative estimate of drug-likeness (QED) is 0.552. The number of anilines is 1. The lowest BCUT2D eigenvalue weighted by atomic mass is 10.1. The van der Waals surface area contributed by atoms with Crippen LogP contribution in [0, 0.1) is 0 Å². The number of nitrogens with one attached hydrogen (secondary N) is 2. The molecule has 0 radical (unpaired) electrons. The molecule has 29 heavy (non-hydrogen) atoms. The van der Waals surface area contributed by atoms with Gasteiger partial charge in [-0.2, -0.15) is 0 Å². The third-order valence-corrected chi connectivity index (χ3v) is 4.92. The van der Waals surface area contributed by atoms with E-state index >= 15 is 0 Å². The second kappa shape index (κ2) is 9.36. The number of rotatable bonds is 7. The summed E-state index contributed by atoms with van der Waals surface area (Å²) < 4.78 is 6.53. The van der Waals surface area contributed by atoms with Crippen molar-refractivity contribution in [2.45, 2.75) is 45.6 Å². The highest BCUT2D eigenvalue weighted by atomic mass is 16.5. The molecule has 1 aliphatic heterocycles. The molecule has 0 spiro atoms. The van der Waals surface area contributed by atoms with E-state index in [0.29, 0.717) is 36.6 Å². The van der Waals surface area contributed by atoms with Gasteiger partial charge in [0.25, 0.3) is 11.8 Å². The van der Waals surface area contributed by atoms with Gasteiger partial charge in [-0.25, -0.2) is 9.78 Å². The molecule has 2 heterocycles. The van der Waals surface area contributed by atoms with Gasteiger partial charge < -0.3 is 19.9 Å². The van der Waals surface area contributed by atoms with Gasteiger partial charge in [0, 0.05) is 18.8 Å². The molecule has 0 aliphatic carbocycles. The molecule has 1 aromatic heterocycles. The SMILES string of the molecule is CCCCNC(=O)c1nc(C(=O)Nc2ccc(C(=O)OC)cc2)c2n1CCCC2. The number of aromatic nitrogens is 2. The van der Waals surface area contributed by atoms with Gasteiger partial charge in [-0.05, 0) is 49.9 Å². The van der Waals surface area contributed by atoms with Crippen molar-refractivity contribution in [1.82, 2.24) is 14.9 Å². The maximum atomic E-state index is 12.8. The number of fused-ring (bicyclic) bond motifs is 1. The van der Waals surface area contributed by atoms with Gasteiger partial charge in [-0.3, -0.25) is 9.59 Å². The number of methoxy groups -OCH3 is 1. The largest absolute Gasteiger partial charge is 0.465 e. The van der Waals surface area contributed by atoms with E-state index in [1.807, 2.05) is 4.57 Å². The van der Waals surface area contributed by atoms with Crippen molar-refractivity contribution in [1.29, 1.82) is 0 Å². The van der Waals surface area contributed by atoms with Gasteiger partial charge in [-0.1, -0.05) is 13.3 Å². The standard InChI is InChI=1S/C21H26N4O4/c1-3-4-12-22-20(27)18-24-17(16-7-5-6-13-25(16)18)19(26)23-15-10-8-14(9-11-15)21(28)29-2/h8-11H,3-7,12-13H2,1-2H3,(H,22,27)(H,23,26). The Labute approximate surface area is 169 Å². The number of carbonyl (C=O) groups is 3. The van der Waals surface area contributed by atoms with E-state index in [-0.39, 0.29) is 17.5 Å². The van der Waals surface area contributed by atoms with E-state index in [2.05, 4.69) is 27.3 Å². The van der Waals surface area contributed by atoms with Crippen LogP contribution in [0.4, 0.5) is 5.69 Å². The molecule has 0 unspecified atom stereocenters. The zero-order chi connectivity index (χ0) is 20.8. The molecule has 0 fully saturated rings. The van der Waals surface area contributed by atoms with Crippen LogP contribution in [0.1, 0.15) is 69.8 Å². The van der Waals surface area contributed by atoms with Gasteiger partial charge in [-0.15, -0.1) is 0 Å². The Bertz CT molecular complexity index is 902. The topological polar surface area (TPSA) is 102 Å². The van der Waals surface area contributed by atoms with E-state index in [1.54, 1.807) is 24.3 Å². The summed E-state index contributed by atoms with van der Waals surface area (Å²) in [6.45, 7) is 3.33. The Morgan fingerprint density at radius 2 is 1.90 bits per heavy atom. The number of esters is 1. The molecule has 8 nitrogen and oxygen atoms in total. The fourth-order valence-corrected chi connectivity index (χ4v) is 3.35. The first kappa shape index (κ1) is 20.6. The van der Waals surface area contributed by atoms with Crippen LogP contribution in [-0.2, 0) is 17.7 Å². The van der Waals surface area contributed by atoms with Crippen LogP contribution in [0.5, 0.6) is 0 Å². The molecule has 1 aliphatic rings. The minimum absolute atomic E-state index is 0.247. The van der Waals surface area contributed by atoms with E-state index in [1.165, 1.54) is 7.11 Å². The highest BCUT2D eigenvalue weighted by molar-refractivity contribution is 6.05. The first-order valence-corrected chi connectivity index (χ1v) is 9.92. The average Bonchev–Trinajstić information content (AvgIpc) is 3.14. The van der Waals surface area contributed by atoms with Gasteiger partial charge in [0.2, 0.25) is 0 Å². The molecule has 0 atom stereocenters. The fourth-order valence-electron chi connectivity index (χ4n) is 3.35. The molecule has 154 valence electrons. The van der Waals surface area contributed by atoms with Gasteiger partial charge in [0.05, 0.1) is 18.4 Å². The van der Waals surface area contributed by atoms with E-state index < -0.39 is 5.97 Å². The van der Waals surface area contributed by atoms with E-state index in [4.69, 9.17) is 0 Å². The highest BCUT2D eigenvalue weighted by Gasteiger charge is 2.27. The van der Waals surface area contributed by atoms with E-state index in [9.17, 15) is 14.4 Å². The Balaban J connectivity index is 1.79. The maximum absolute atomic E-state index is 12.8. The summed E-state index contributed by atoms with van der Waals surface area (Å²) in [6, 6.07) is 6.42. The molecular weight excluding hydrogens is 372 g/mol. The molecular formula is C21H26N4O4. The molecule has 2 amide bonds. The van der Waals surface area contributed by atoms with Crippen molar-refractivity contribution in [3.8, 4) is 0 Å². The van der Waals surface area contributed by atoms with Crippen LogP contribution in [0.25, 0.3) is 0 Å². The number of carbonyl (C=O) groups excluding carboxylic acids is 3. The summed E-state index contributed by atoms with van der Waals surface area (Å²) in [4.78, 5) is 41.3. The number of unbranched alkanes of at least 4 members (excludes halogenated alkanes) is 1. The predicted molar refractivity (Wildman–Crippen MR) is 108 cm³/mol. The van der Waals surface area contributed by atoms with Crippen LogP contribution in [-0.4, -0.2) is 41.0 Å². The number of amides is 2. The number of hydrogen-bond acceptors (Lipinski definition) is 5. The van der Waals surface area contributed by atoms with Gasteiger partial charge >= 0.3 is 5.97 Å². The maximum Gasteiger partial charge on any atom is 0.337 e. The Morgan fingerprint density at radius 3 is 2.59 bits per heavy atom. The zero-order valence-corrected chi connectivity index (χ0v) is 16.8. The molecule has 0 saturated carbocycles. The smallest absolute Gasteiger partial charge is 0.337 e. The van der Waals surface area contributed by atoms with Crippen molar-refractivity contribution in [2.75, 3.05) is 19.0 Å². The minimum atomic E-state index is -0.440. The number of benzene rings is 1. The lowest BCUT2D eigenvalue weighted by Gasteiger charge is -2.17. The monoisotopic (exact) mass is 398 g/mol. The molecule has 2 N–H and O–H groups in total. The van der Waals surface area contributed by atoms with Crippen LogP contribution >= 0.6 is 0 Å². The highest BCUT2D eigenvalue weighted by Crippen LogP contribution is 2.22. The number of imidazole rings is 1. The van der Waals surface area contributed by atoms with Gasteiger partial charge in [0.1, 0.15) is 0 Å². The van der Waals surface area contributed by atoms with Crippen LogP contribution in [0.3, 0.4) is 0 Å². The third kappa shape index (κ3) is 4.64. The summed E-state index contributed by atoms with van der Waals surface area (Å²) in [5, 5.41) is 5.67. The molecule has 2 aromatic rings. The summed E-state index contributed by atoms with van der Waals surface area (Å²) >= 11 is 0. The Morgan fingerprint density at radius 1 is 1.14 bits per heavy atom. The Kier molecular flexibility index (Phi) is 6.64. The molecule has 8 heteroatoms. The lowest BCUT2D eigenvalue weighted by Crippen LogP contribution is -2.28. The summed E-state index contributed by atoms with van der Waals surface area (Å²) in [6.07, 6.45) is 4.50. The second-order valence-electron chi connectivity index (χ2n) is 6.97. The van der Waals surface area contributed by atoms with Crippen molar-refractivity contribution in [3.05, 3.63) is 47.0 Å². The van der Waals surface area contributed by atoms with Crippen molar-refractivity contribution < 1.29 is 19.1 Å². The summed E-state index contributed by atoms with van der Waals surface area (Å²) in [5.41, 5.74) is 2.01. The van der Waals surface area contributed by atoms with E-state index in [0.717, 1.165) is 31.4 Å². The lowest BCUT2D eigenvalue weighted by molar-refractivity contribution is 0.0600. The van der Waals surface area contributed by atoms with Crippen LogP contribution < -0.4 is 10.6 Å². The van der Waals surface area contributed by atoms with Crippen LogP contribution in [0.2, 0.25) is 0 Å². The molecule has 1 aromatic carbocycles. The zero-order valence-electron chi connectivity index (χ0n) is 16.8. The van der Waals surface area contributed by atoms with Crippen molar-refractivity contribution in [3.63, 3.8) is 0 Å². The first-order valence-electron chi connectivity index (χ1n) is 9.92. The minimum Gasteiger partial charge on any atom is -0.465 e. The third-order valence-electron chi connectivity index (χ3n) is 4.92. The summed E-state index contributed by atoms with van der Waals surface area (Å²) in [5.74, 6) is -0.760. The second-order valence-corrected chi connectivity index (χ2v) is 6.97. The van der Waals surface area contributed by atoms with Gasteiger partial charge in [0.15, 0.2) is 11.5 Å². The molecule has 3 rings (SSSR count). The predicted octanol–water partition coefficient (Wildman–Crippen LogP) is 2.79. The first-order chi connectivity index (χ1) is 14.0. The number of ether oxygens (including phenoxy) is 1. The van der Waals surface area contributed by atoms with Crippen LogP contribution in [0.15, 0.2) is 24.3 Å². The molecule has 0 bridgehead atoms. The average molecular weight is 398 g/mol. The van der Waals surface area contributed by atoms with Crippen molar-refractivity contribution in [2.24, 2.45) is 0 Å². The van der Waals surface area contributed by atoms with Crippen molar-refractivity contribution >= 4 is 23.5 Å². The fraction of sp³-hybridized carbons (Fsp3) is 0.429. The Hall–Kier alpha value is -3.16. The molecule has 0 saturated heterocycles. The summed E-state index contributed by atoms with van der Waals surface area (Å²) in [7, 11) is 1.32. The normalized spacial score (nSPS) is 12.8. The number of nitrogens with zero attached hydrogens (tertiary/aromatic N) is 2.